The van der Waals surface area contributed by atoms with E-state index in [1.54, 1.807) is 0 Å². The molecule has 0 radical (unpaired) electrons. The fourth-order valence-corrected chi connectivity index (χ4v) is 9.38. The molecule has 0 aliphatic carbocycles. The summed E-state index contributed by atoms with van der Waals surface area (Å²) in [7, 11) is 0. The van der Waals surface area contributed by atoms with Crippen molar-refractivity contribution in [2.45, 2.75) is 0 Å². The predicted molar refractivity (Wildman–Crippen MR) is 239 cm³/mol. The number of anilines is 6. The van der Waals surface area contributed by atoms with E-state index in [2.05, 4.69) is 216 Å². The minimum Gasteiger partial charge on any atom is -0.456 e. The van der Waals surface area contributed by atoms with Crippen molar-refractivity contribution in [1.82, 2.24) is 0 Å². The maximum Gasteiger partial charge on any atom is 0.137 e. The number of fused-ring (bicyclic) bond motifs is 7. The van der Waals surface area contributed by atoms with Gasteiger partial charge in [-0.2, -0.15) is 0 Å². The SMILES string of the molecule is c1ccc(N(c2ccccc2)c2cccc3oc4cccc(N(c5ccc(-c6ccc7ccccc7c6)cc5)c5ccc6c(c5)sc5ccccc56)c4c23)cc1. The summed E-state index contributed by atoms with van der Waals surface area (Å²) in [6, 6.07) is 73.8. The molecule has 0 unspecified atom stereocenters. The molecule has 0 atom stereocenters. The van der Waals surface area contributed by atoms with Crippen LogP contribution in [0.4, 0.5) is 34.1 Å². The van der Waals surface area contributed by atoms with E-state index in [1.165, 1.54) is 42.1 Å². The number of hydrogen-bond acceptors (Lipinski definition) is 4. The highest BCUT2D eigenvalue weighted by atomic mass is 32.1. The zero-order chi connectivity index (χ0) is 37.0. The molecule has 0 saturated heterocycles. The molecule has 11 rings (SSSR count). The fourth-order valence-electron chi connectivity index (χ4n) is 8.24. The first-order valence-corrected chi connectivity index (χ1v) is 19.7. The van der Waals surface area contributed by atoms with Crippen LogP contribution in [0, 0.1) is 0 Å². The lowest BCUT2D eigenvalue weighted by atomic mass is 10.0. The van der Waals surface area contributed by atoms with Crippen molar-refractivity contribution in [2.24, 2.45) is 0 Å². The van der Waals surface area contributed by atoms with Crippen LogP contribution in [0.25, 0.3) is 64.0 Å². The lowest BCUT2D eigenvalue weighted by molar-refractivity contribution is 0.669. The molecule has 11 aromatic rings. The lowest BCUT2D eigenvalue weighted by Crippen LogP contribution is -2.11. The summed E-state index contributed by atoms with van der Waals surface area (Å²) in [6.45, 7) is 0. The Labute approximate surface area is 328 Å². The van der Waals surface area contributed by atoms with Gasteiger partial charge < -0.3 is 14.2 Å². The molecular formula is C52H34N2OS. The Balaban J connectivity index is 1.15. The average molecular weight is 735 g/mol. The van der Waals surface area contributed by atoms with Crippen LogP contribution in [-0.4, -0.2) is 0 Å². The second-order valence-corrected chi connectivity index (χ2v) is 15.2. The minimum absolute atomic E-state index is 0.840. The largest absolute Gasteiger partial charge is 0.456 e. The Morgan fingerprint density at radius 3 is 1.57 bits per heavy atom. The highest BCUT2D eigenvalue weighted by molar-refractivity contribution is 7.25. The molecule has 0 fully saturated rings. The van der Waals surface area contributed by atoms with Crippen LogP contribution in [0.1, 0.15) is 0 Å². The van der Waals surface area contributed by atoms with Crippen molar-refractivity contribution < 1.29 is 4.42 Å². The third-order valence-electron chi connectivity index (χ3n) is 10.8. The zero-order valence-corrected chi connectivity index (χ0v) is 31.2. The molecule has 3 nitrogen and oxygen atoms in total. The summed E-state index contributed by atoms with van der Waals surface area (Å²) in [5.74, 6) is 0. The van der Waals surface area contributed by atoms with Gasteiger partial charge in [0, 0.05) is 42.9 Å². The molecule has 9 aromatic carbocycles. The van der Waals surface area contributed by atoms with E-state index in [-0.39, 0.29) is 0 Å². The average Bonchev–Trinajstić information content (AvgIpc) is 3.84. The molecule has 0 amide bonds. The van der Waals surface area contributed by atoms with Crippen molar-refractivity contribution in [3.05, 3.63) is 206 Å². The molecule has 0 N–H and O–H groups in total. The maximum absolute atomic E-state index is 6.75. The second kappa shape index (κ2) is 13.3. The fraction of sp³-hybridized carbons (Fsp3) is 0. The molecule has 0 spiro atoms. The van der Waals surface area contributed by atoms with Crippen LogP contribution in [0.5, 0.6) is 0 Å². The van der Waals surface area contributed by atoms with E-state index >= 15 is 0 Å². The zero-order valence-electron chi connectivity index (χ0n) is 30.3. The van der Waals surface area contributed by atoms with E-state index in [4.69, 9.17) is 4.42 Å². The van der Waals surface area contributed by atoms with Gasteiger partial charge in [-0.3, -0.25) is 0 Å². The Bertz CT molecular complexity index is 3160. The topological polar surface area (TPSA) is 19.6 Å². The van der Waals surface area contributed by atoms with E-state index in [0.29, 0.717) is 0 Å². The molecule has 4 heteroatoms. The highest BCUT2D eigenvalue weighted by Gasteiger charge is 2.24. The van der Waals surface area contributed by atoms with Gasteiger partial charge in [0.25, 0.3) is 0 Å². The summed E-state index contributed by atoms with van der Waals surface area (Å²) < 4.78 is 9.30. The van der Waals surface area contributed by atoms with Crippen molar-refractivity contribution in [3.63, 3.8) is 0 Å². The molecular weight excluding hydrogens is 701 g/mol. The van der Waals surface area contributed by atoms with Crippen molar-refractivity contribution in [1.29, 1.82) is 0 Å². The van der Waals surface area contributed by atoms with Gasteiger partial charge in [0.1, 0.15) is 11.2 Å². The van der Waals surface area contributed by atoms with Gasteiger partial charge in [-0.15, -0.1) is 11.3 Å². The van der Waals surface area contributed by atoms with Crippen molar-refractivity contribution in [3.8, 4) is 11.1 Å². The number of rotatable bonds is 7. The first-order valence-electron chi connectivity index (χ1n) is 18.9. The molecule has 2 heterocycles. The number of nitrogens with zero attached hydrogens (tertiary/aromatic N) is 2. The Morgan fingerprint density at radius 2 is 0.875 bits per heavy atom. The van der Waals surface area contributed by atoms with Gasteiger partial charge in [-0.1, -0.05) is 121 Å². The third kappa shape index (κ3) is 5.42. The van der Waals surface area contributed by atoms with Gasteiger partial charge in [0.05, 0.1) is 22.1 Å². The quantitative estimate of drug-likeness (QED) is 0.163. The summed E-state index contributed by atoms with van der Waals surface area (Å²) in [5, 5.41) is 7.17. The first-order chi connectivity index (χ1) is 27.8. The van der Waals surface area contributed by atoms with Crippen LogP contribution >= 0.6 is 11.3 Å². The molecule has 0 bridgehead atoms. The first kappa shape index (κ1) is 32.3. The number of hydrogen-bond donors (Lipinski definition) is 0. The smallest absolute Gasteiger partial charge is 0.137 e. The molecule has 2 aromatic heterocycles. The van der Waals surface area contributed by atoms with Gasteiger partial charge in [-0.05, 0) is 107 Å². The van der Waals surface area contributed by atoms with Crippen molar-refractivity contribution >= 4 is 98.3 Å². The van der Waals surface area contributed by atoms with Crippen LogP contribution in [-0.2, 0) is 0 Å². The summed E-state index contributed by atoms with van der Waals surface area (Å²) >= 11 is 1.84. The standard InChI is InChI=1S/C52H34N2OS/c1-3-15-39(16-4-1)53(40-17-5-2-6-18-40)45-20-11-22-47-51(45)52-46(21-12-23-48(52)55-47)54(42-31-32-44-43-19-9-10-24-49(43)56-50(44)34-42)41-29-27-36(28-30-41)38-26-25-35-13-7-8-14-37(35)33-38/h1-34H. The van der Waals surface area contributed by atoms with Crippen LogP contribution in [0.2, 0.25) is 0 Å². The van der Waals surface area contributed by atoms with Crippen LogP contribution in [0.3, 0.4) is 0 Å². The third-order valence-corrected chi connectivity index (χ3v) is 12.0. The number of thiophene rings is 1. The van der Waals surface area contributed by atoms with Crippen LogP contribution in [0.15, 0.2) is 211 Å². The molecule has 0 aliphatic heterocycles. The van der Waals surface area contributed by atoms with Crippen molar-refractivity contribution in [2.75, 3.05) is 9.80 Å². The number of para-hydroxylation sites is 2. The molecule has 264 valence electrons. The predicted octanol–water partition coefficient (Wildman–Crippen LogP) is 15.7. The Morgan fingerprint density at radius 1 is 0.339 bits per heavy atom. The van der Waals surface area contributed by atoms with Gasteiger partial charge in [-0.25, -0.2) is 0 Å². The Hall–Kier alpha value is -7.14. The second-order valence-electron chi connectivity index (χ2n) is 14.1. The molecule has 0 saturated carbocycles. The maximum atomic E-state index is 6.75. The monoisotopic (exact) mass is 734 g/mol. The lowest BCUT2D eigenvalue weighted by Gasteiger charge is -2.28. The molecule has 0 aliphatic rings. The highest BCUT2D eigenvalue weighted by Crippen LogP contribution is 2.49. The van der Waals surface area contributed by atoms with E-state index < -0.39 is 0 Å². The Kier molecular flexibility index (Phi) is 7.68. The van der Waals surface area contributed by atoms with E-state index in [0.717, 1.165) is 56.1 Å². The molecule has 56 heavy (non-hydrogen) atoms. The van der Waals surface area contributed by atoms with Gasteiger partial charge >= 0.3 is 0 Å². The number of benzene rings is 9. The number of furan rings is 1. The van der Waals surface area contributed by atoms with E-state index in [9.17, 15) is 0 Å². The van der Waals surface area contributed by atoms with Gasteiger partial charge in [0.2, 0.25) is 0 Å². The normalized spacial score (nSPS) is 11.6. The summed E-state index contributed by atoms with van der Waals surface area (Å²) in [5.41, 5.74) is 10.5. The summed E-state index contributed by atoms with van der Waals surface area (Å²) in [6.07, 6.45) is 0. The minimum atomic E-state index is 0.840. The van der Waals surface area contributed by atoms with Crippen LogP contribution < -0.4 is 9.80 Å². The van der Waals surface area contributed by atoms with Gasteiger partial charge in [0.15, 0.2) is 0 Å². The van der Waals surface area contributed by atoms with E-state index in [1.807, 2.05) is 11.3 Å². The summed E-state index contributed by atoms with van der Waals surface area (Å²) in [4.78, 5) is 4.73.